The highest BCUT2D eigenvalue weighted by Crippen LogP contribution is 2.19. The quantitative estimate of drug-likeness (QED) is 0.788. The number of amides is 1. The van der Waals surface area contributed by atoms with Gasteiger partial charge in [-0.25, -0.2) is 0 Å². The molecule has 0 saturated heterocycles. The molecule has 0 bridgehead atoms. The number of hydrogen-bond donors (Lipinski definition) is 1. The Bertz CT molecular complexity index is 309. The van der Waals surface area contributed by atoms with E-state index in [0.29, 0.717) is 18.1 Å². The van der Waals surface area contributed by atoms with E-state index in [0.717, 1.165) is 6.42 Å². The second-order valence-corrected chi connectivity index (χ2v) is 4.55. The van der Waals surface area contributed by atoms with Crippen LogP contribution in [0.2, 0.25) is 0 Å². The summed E-state index contributed by atoms with van der Waals surface area (Å²) in [5, 5.41) is 6.34. The van der Waals surface area contributed by atoms with Crippen LogP contribution in [0.25, 0.3) is 0 Å². The van der Waals surface area contributed by atoms with E-state index in [-0.39, 0.29) is 11.3 Å². The van der Waals surface area contributed by atoms with Gasteiger partial charge >= 0.3 is 0 Å². The number of rotatable bonds is 5. The van der Waals surface area contributed by atoms with Gasteiger partial charge in [0.15, 0.2) is 5.69 Å². The highest BCUT2D eigenvalue weighted by Gasteiger charge is 2.19. The predicted molar refractivity (Wildman–Crippen MR) is 58.0 cm³/mol. The fourth-order valence-corrected chi connectivity index (χ4v) is 1.60. The summed E-state index contributed by atoms with van der Waals surface area (Å²) in [6.07, 6.45) is 2.23. The van der Waals surface area contributed by atoms with Gasteiger partial charge in [-0.1, -0.05) is 19.0 Å². The number of carbonyl (C=O) groups excluding carboxylic acids is 1. The van der Waals surface area contributed by atoms with Crippen molar-refractivity contribution in [1.82, 2.24) is 10.5 Å². The zero-order valence-corrected chi connectivity index (χ0v) is 9.67. The van der Waals surface area contributed by atoms with Crippen molar-refractivity contribution in [3.8, 4) is 0 Å². The molecule has 0 fully saturated rings. The van der Waals surface area contributed by atoms with Crippen molar-refractivity contribution in [3.05, 3.63) is 18.0 Å². The zero-order valence-electron chi connectivity index (χ0n) is 8.92. The van der Waals surface area contributed by atoms with Crippen LogP contribution in [0.5, 0.6) is 0 Å². The largest absolute Gasteiger partial charge is 0.364 e. The Morgan fingerprint density at radius 1 is 1.67 bits per heavy atom. The van der Waals surface area contributed by atoms with Gasteiger partial charge < -0.3 is 9.84 Å². The Morgan fingerprint density at radius 2 is 2.40 bits per heavy atom. The third-order valence-electron chi connectivity index (χ3n) is 2.17. The van der Waals surface area contributed by atoms with E-state index in [1.54, 1.807) is 0 Å². The highest BCUT2D eigenvalue weighted by atomic mass is 35.5. The Labute approximate surface area is 94.0 Å². The van der Waals surface area contributed by atoms with Crippen molar-refractivity contribution in [1.29, 1.82) is 0 Å². The minimum atomic E-state index is -0.216. The minimum Gasteiger partial charge on any atom is -0.364 e. The molecule has 84 valence electrons. The first kappa shape index (κ1) is 12.0. The fraction of sp³-hybridized carbons (Fsp3) is 0.600. The lowest BCUT2D eigenvalue weighted by molar-refractivity contribution is 0.0926. The Kier molecular flexibility index (Phi) is 4.15. The molecule has 0 unspecified atom stereocenters. The molecule has 0 atom stereocenters. The van der Waals surface area contributed by atoms with Crippen LogP contribution < -0.4 is 5.32 Å². The topological polar surface area (TPSA) is 55.1 Å². The van der Waals surface area contributed by atoms with E-state index >= 15 is 0 Å². The second kappa shape index (κ2) is 5.16. The first-order chi connectivity index (χ1) is 7.05. The van der Waals surface area contributed by atoms with E-state index in [1.807, 2.05) is 0 Å². The first-order valence-corrected chi connectivity index (χ1v) is 5.33. The molecule has 15 heavy (non-hydrogen) atoms. The number of carbonyl (C=O) groups is 1. The normalized spacial score (nSPS) is 11.4. The molecule has 0 radical (unpaired) electrons. The zero-order chi connectivity index (χ0) is 11.3. The molecule has 1 heterocycles. The Morgan fingerprint density at radius 3 is 2.93 bits per heavy atom. The number of halogens is 1. The second-order valence-electron chi connectivity index (χ2n) is 4.17. The van der Waals surface area contributed by atoms with Crippen LogP contribution in [0.1, 0.15) is 30.8 Å². The van der Waals surface area contributed by atoms with Crippen molar-refractivity contribution in [2.75, 3.05) is 12.4 Å². The van der Waals surface area contributed by atoms with Gasteiger partial charge in [0.1, 0.15) is 6.26 Å². The van der Waals surface area contributed by atoms with Crippen molar-refractivity contribution >= 4 is 17.5 Å². The standard InChI is InChI=1S/C10H15ClN2O2/c1-10(2,4-5-11)7-12-9(14)8-3-6-15-13-8/h3,6H,4-5,7H2,1-2H3,(H,12,14). The van der Waals surface area contributed by atoms with Crippen molar-refractivity contribution in [2.45, 2.75) is 20.3 Å². The van der Waals surface area contributed by atoms with Gasteiger partial charge in [-0.05, 0) is 11.8 Å². The van der Waals surface area contributed by atoms with Gasteiger partial charge in [-0.3, -0.25) is 4.79 Å². The molecular weight excluding hydrogens is 216 g/mol. The fourth-order valence-electron chi connectivity index (χ4n) is 1.08. The van der Waals surface area contributed by atoms with Crippen LogP contribution >= 0.6 is 11.6 Å². The van der Waals surface area contributed by atoms with E-state index in [9.17, 15) is 4.79 Å². The molecule has 0 aromatic carbocycles. The lowest BCUT2D eigenvalue weighted by Crippen LogP contribution is -2.34. The first-order valence-electron chi connectivity index (χ1n) is 4.80. The van der Waals surface area contributed by atoms with Crippen molar-refractivity contribution in [3.63, 3.8) is 0 Å². The average Bonchev–Trinajstić information content (AvgIpc) is 2.67. The lowest BCUT2D eigenvalue weighted by atomic mass is 9.90. The third kappa shape index (κ3) is 3.91. The van der Waals surface area contributed by atoms with Crippen molar-refractivity contribution < 1.29 is 9.32 Å². The number of hydrogen-bond acceptors (Lipinski definition) is 3. The molecule has 0 aliphatic rings. The Hall–Kier alpha value is -1.03. The van der Waals surface area contributed by atoms with Crippen LogP contribution in [-0.4, -0.2) is 23.5 Å². The highest BCUT2D eigenvalue weighted by molar-refractivity contribution is 6.17. The van der Waals surface area contributed by atoms with E-state index in [2.05, 4.69) is 28.8 Å². The summed E-state index contributed by atoms with van der Waals surface area (Å²) in [4.78, 5) is 11.5. The summed E-state index contributed by atoms with van der Waals surface area (Å²) in [5.74, 6) is 0.374. The molecule has 4 nitrogen and oxygen atoms in total. The lowest BCUT2D eigenvalue weighted by Gasteiger charge is -2.23. The Balaban J connectivity index is 2.40. The monoisotopic (exact) mass is 230 g/mol. The van der Waals surface area contributed by atoms with Gasteiger partial charge in [0, 0.05) is 18.5 Å². The number of aromatic nitrogens is 1. The SMILES string of the molecule is CC(C)(CCCl)CNC(=O)c1ccon1. The van der Waals surface area contributed by atoms with E-state index < -0.39 is 0 Å². The summed E-state index contributed by atoms with van der Waals surface area (Å²) in [6.45, 7) is 4.68. The van der Waals surface area contributed by atoms with Gasteiger partial charge in [0.05, 0.1) is 0 Å². The molecule has 1 aromatic rings. The van der Waals surface area contributed by atoms with Crippen molar-refractivity contribution in [2.24, 2.45) is 5.41 Å². The summed E-state index contributed by atoms with van der Waals surface area (Å²) in [7, 11) is 0. The number of nitrogens with zero attached hydrogens (tertiary/aromatic N) is 1. The maximum Gasteiger partial charge on any atom is 0.273 e. The molecular formula is C10H15ClN2O2. The summed E-state index contributed by atoms with van der Waals surface area (Å²) < 4.78 is 4.58. The van der Waals surface area contributed by atoms with Crippen LogP contribution in [0.3, 0.4) is 0 Å². The number of alkyl halides is 1. The maximum atomic E-state index is 11.5. The van der Waals surface area contributed by atoms with Gasteiger partial charge in [-0.2, -0.15) is 0 Å². The average molecular weight is 231 g/mol. The molecule has 1 rings (SSSR count). The van der Waals surface area contributed by atoms with Gasteiger partial charge in [-0.15, -0.1) is 11.6 Å². The summed E-state index contributed by atoms with van der Waals surface area (Å²) in [5.41, 5.74) is 0.304. The summed E-state index contributed by atoms with van der Waals surface area (Å²) >= 11 is 5.66. The van der Waals surface area contributed by atoms with Crippen LogP contribution in [0.15, 0.2) is 16.9 Å². The maximum absolute atomic E-state index is 11.5. The molecule has 0 aliphatic carbocycles. The van der Waals surface area contributed by atoms with Crippen LogP contribution in [0.4, 0.5) is 0 Å². The van der Waals surface area contributed by atoms with Crippen LogP contribution in [0, 0.1) is 5.41 Å². The van der Waals surface area contributed by atoms with Gasteiger partial charge in [0.2, 0.25) is 0 Å². The van der Waals surface area contributed by atoms with Crippen LogP contribution in [-0.2, 0) is 0 Å². The van der Waals surface area contributed by atoms with Gasteiger partial charge in [0.25, 0.3) is 5.91 Å². The molecule has 0 spiro atoms. The molecule has 1 amide bonds. The smallest absolute Gasteiger partial charge is 0.273 e. The van der Waals surface area contributed by atoms with E-state index in [4.69, 9.17) is 11.6 Å². The predicted octanol–water partition coefficient (Wildman–Crippen LogP) is 2.06. The molecule has 1 aromatic heterocycles. The molecule has 1 N–H and O–H groups in total. The molecule has 5 heteroatoms. The number of nitrogens with one attached hydrogen (secondary N) is 1. The minimum absolute atomic E-state index is 0.00114. The molecule has 0 saturated carbocycles. The third-order valence-corrected chi connectivity index (χ3v) is 2.36. The molecule has 0 aliphatic heterocycles. The van der Waals surface area contributed by atoms with E-state index in [1.165, 1.54) is 12.3 Å². The summed E-state index contributed by atoms with van der Waals surface area (Å²) in [6, 6.07) is 1.53.